The average Bonchev–Trinajstić information content (AvgIpc) is 2.62. The van der Waals surface area contributed by atoms with E-state index < -0.39 is 27.5 Å². The number of rotatable bonds is 6. The number of likely N-dealkylation sites (tertiary alicyclic amines) is 1. The monoisotopic (exact) mass is 426 g/mol. The van der Waals surface area contributed by atoms with E-state index in [2.05, 4.69) is 34.7 Å². The van der Waals surface area contributed by atoms with Crippen molar-refractivity contribution < 1.29 is 21.6 Å². The van der Waals surface area contributed by atoms with Gasteiger partial charge < -0.3 is 0 Å². The molecule has 1 saturated heterocycles. The lowest BCUT2D eigenvalue weighted by molar-refractivity contribution is -0.137. The molecule has 0 spiro atoms. The van der Waals surface area contributed by atoms with Crippen LogP contribution in [-0.4, -0.2) is 32.4 Å². The van der Waals surface area contributed by atoms with Crippen molar-refractivity contribution >= 4 is 10.0 Å². The second-order valence-electron chi connectivity index (χ2n) is 7.61. The fraction of sp³-hybridized carbons (Fsp3) is 0.429. The summed E-state index contributed by atoms with van der Waals surface area (Å²) >= 11 is 0. The lowest BCUT2D eigenvalue weighted by Gasteiger charge is -2.32. The number of benzene rings is 2. The highest BCUT2D eigenvalue weighted by atomic mass is 32.2. The molecule has 4 nitrogen and oxygen atoms in total. The first kappa shape index (κ1) is 21.8. The van der Waals surface area contributed by atoms with Crippen LogP contribution in [0.25, 0.3) is 0 Å². The van der Waals surface area contributed by atoms with Gasteiger partial charge in [-0.15, -0.1) is 0 Å². The number of sulfonamides is 1. The van der Waals surface area contributed by atoms with Gasteiger partial charge in [0.05, 0.1) is 11.3 Å². The highest BCUT2D eigenvalue weighted by molar-refractivity contribution is 7.88. The van der Waals surface area contributed by atoms with Crippen molar-refractivity contribution in [1.82, 2.24) is 9.62 Å². The molecule has 1 aliphatic heterocycles. The molecule has 0 saturated carbocycles. The van der Waals surface area contributed by atoms with Crippen molar-refractivity contribution in [2.24, 2.45) is 0 Å². The summed E-state index contributed by atoms with van der Waals surface area (Å²) in [5, 5.41) is 0. The number of alkyl halides is 3. The summed E-state index contributed by atoms with van der Waals surface area (Å²) in [6.45, 7) is 4.41. The van der Waals surface area contributed by atoms with Gasteiger partial charge in [-0.25, -0.2) is 13.1 Å². The zero-order valence-electron chi connectivity index (χ0n) is 16.2. The summed E-state index contributed by atoms with van der Waals surface area (Å²) in [5.74, 6) is -0.458. The Kier molecular flexibility index (Phi) is 6.65. The summed E-state index contributed by atoms with van der Waals surface area (Å²) in [5.41, 5.74) is 1.73. The minimum Gasteiger partial charge on any atom is -0.299 e. The van der Waals surface area contributed by atoms with Crippen molar-refractivity contribution in [2.45, 2.75) is 44.3 Å². The van der Waals surface area contributed by atoms with Crippen LogP contribution in [0.5, 0.6) is 0 Å². The first-order chi connectivity index (χ1) is 13.6. The molecule has 8 heteroatoms. The molecular weight excluding hydrogens is 401 g/mol. The van der Waals surface area contributed by atoms with Crippen LogP contribution in [0.15, 0.2) is 48.5 Å². The van der Waals surface area contributed by atoms with Gasteiger partial charge in [-0.2, -0.15) is 13.2 Å². The molecule has 0 amide bonds. The number of piperidine rings is 1. The van der Waals surface area contributed by atoms with Gasteiger partial charge in [0.15, 0.2) is 0 Å². The van der Waals surface area contributed by atoms with Gasteiger partial charge in [0.1, 0.15) is 0 Å². The lowest BCUT2D eigenvalue weighted by atomic mass is 10.0. The third-order valence-corrected chi connectivity index (χ3v) is 6.44. The second kappa shape index (κ2) is 8.85. The molecule has 3 rings (SSSR count). The summed E-state index contributed by atoms with van der Waals surface area (Å²) in [4.78, 5) is 2.28. The van der Waals surface area contributed by atoms with Crippen molar-refractivity contribution in [3.8, 4) is 0 Å². The van der Waals surface area contributed by atoms with E-state index in [9.17, 15) is 21.6 Å². The third-order valence-electron chi connectivity index (χ3n) is 5.03. The molecule has 0 aliphatic carbocycles. The minimum absolute atomic E-state index is 0.129. The van der Waals surface area contributed by atoms with Crippen LogP contribution in [0.3, 0.4) is 0 Å². The number of nitrogens with one attached hydrogen (secondary N) is 1. The maximum Gasteiger partial charge on any atom is 0.416 e. The number of hydrogen-bond acceptors (Lipinski definition) is 3. The molecule has 0 aromatic heterocycles. The molecular formula is C21H25F3N2O2S. The third kappa shape index (κ3) is 6.55. The van der Waals surface area contributed by atoms with E-state index in [0.29, 0.717) is 12.8 Å². The van der Waals surface area contributed by atoms with Crippen molar-refractivity contribution in [3.63, 3.8) is 0 Å². The molecule has 0 radical (unpaired) electrons. The normalized spacial score (nSPS) is 16.8. The van der Waals surface area contributed by atoms with Gasteiger partial charge in [-0.1, -0.05) is 48.0 Å². The van der Waals surface area contributed by atoms with Crippen LogP contribution in [0, 0.1) is 6.92 Å². The topological polar surface area (TPSA) is 49.4 Å². The molecule has 1 heterocycles. The molecule has 0 unspecified atom stereocenters. The smallest absolute Gasteiger partial charge is 0.299 e. The SMILES string of the molecule is Cc1cccc(CN2CCC(NS(=O)(=O)Cc3cccc(C(F)(F)F)c3)CC2)c1. The average molecular weight is 427 g/mol. The van der Waals surface area contributed by atoms with Crippen LogP contribution in [0.4, 0.5) is 13.2 Å². The molecule has 1 N–H and O–H groups in total. The van der Waals surface area contributed by atoms with Crippen LogP contribution in [0.2, 0.25) is 0 Å². The van der Waals surface area contributed by atoms with E-state index in [1.54, 1.807) is 0 Å². The van der Waals surface area contributed by atoms with Gasteiger partial charge in [-0.3, -0.25) is 4.90 Å². The molecule has 29 heavy (non-hydrogen) atoms. The maximum atomic E-state index is 12.8. The molecule has 1 aliphatic rings. The van der Waals surface area contributed by atoms with Gasteiger partial charge in [0.25, 0.3) is 0 Å². The predicted octanol–water partition coefficient (Wildman–Crippen LogP) is 4.10. The molecule has 2 aromatic rings. The number of hydrogen-bond donors (Lipinski definition) is 1. The Bertz CT molecular complexity index is 937. The molecule has 158 valence electrons. The Hall–Kier alpha value is -1.90. The standard InChI is InChI=1S/C21H25F3N2O2S/c1-16-4-2-5-17(12-16)14-26-10-8-20(9-11-26)25-29(27,28)15-18-6-3-7-19(13-18)21(22,23)24/h2-7,12-13,20,25H,8-11,14-15H2,1H3. The predicted molar refractivity (Wildman–Crippen MR) is 107 cm³/mol. The molecule has 2 aromatic carbocycles. The summed E-state index contributed by atoms with van der Waals surface area (Å²) in [6.07, 6.45) is -3.14. The van der Waals surface area contributed by atoms with Crippen LogP contribution in [-0.2, 0) is 28.5 Å². The zero-order chi connectivity index (χ0) is 21.1. The number of nitrogens with zero attached hydrogens (tertiary/aromatic N) is 1. The Morgan fingerprint density at radius 2 is 1.69 bits per heavy atom. The van der Waals surface area contributed by atoms with Gasteiger partial charge >= 0.3 is 6.18 Å². The van der Waals surface area contributed by atoms with Crippen LogP contribution < -0.4 is 4.72 Å². The first-order valence-electron chi connectivity index (χ1n) is 9.55. The Labute approximate surface area is 169 Å². The van der Waals surface area contributed by atoms with Gasteiger partial charge in [-0.05, 0) is 37.0 Å². The van der Waals surface area contributed by atoms with E-state index in [0.717, 1.165) is 31.8 Å². The van der Waals surface area contributed by atoms with Crippen molar-refractivity contribution in [1.29, 1.82) is 0 Å². The molecule has 1 fully saturated rings. The van der Waals surface area contributed by atoms with E-state index in [1.807, 2.05) is 6.07 Å². The minimum atomic E-state index is -4.49. The van der Waals surface area contributed by atoms with Crippen molar-refractivity contribution in [2.75, 3.05) is 13.1 Å². The summed E-state index contributed by atoms with van der Waals surface area (Å²) < 4.78 is 66.0. The van der Waals surface area contributed by atoms with Gasteiger partial charge in [0, 0.05) is 25.7 Å². The van der Waals surface area contributed by atoms with Crippen LogP contribution >= 0.6 is 0 Å². The number of aryl methyl sites for hydroxylation is 1. The number of halogens is 3. The van der Waals surface area contributed by atoms with Gasteiger partial charge in [0.2, 0.25) is 10.0 Å². The first-order valence-corrected chi connectivity index (χ1v) is 11.2. The quantitative estimate of drug-likeness (QED) is 0.757. The Morgan fingerprint density at radius 3 is 2.34 bits per heavy atom. The second-order valence-corrected chi connectivity index (χ2v) is 9.37. The zero-order valence-corrected chi connectivity index (χ0v) is 17.1. The summed E-state index contributed by atoms with van der Waals surface area (Å²) in [7, 11) is -3.71. The molecule has 0 bridgehead atoms. The fourth-order valence-corrected chi connectivity index (χ4v) is 5.08. The highest BCUT2D eigenvalue weighted by Crippen LogP contribution is 2.30. The van der Waals surface area contributed by atoms with E-state index in [-0.39, 0.29) is 11.6 Å². The highest BCUT2D eigenvalue weighted by Gasteiger charge is 2.31. The Balaban J connectivity index is 1.53. The fourth-order valence-electron chi connectivity index (χ4n) is 3.63. The van der Waals surface area contributed by atoms with Crippen LogP contribution in [0.1, 0.15) is 35.1 Å². The maximum absolute atomic E-state index is 12.8. The van der Waals surface area contributed by atoms with E-state index in [1.165, 1.54) is 23.3 Å². The molecule has 0 atom stereocenters. The van der Waals surface area contributed by atoms with E-state index in [4.69, 9.17) is 0 Å². The van der Waals surface area contributed by atoms with E-state index >= 15 is 0 Å². The van der Waals surface area contributed by atoms with Crippen molar-refractivity contribution in [3.05, 3.63) is 70.8 Å². The lowest BCUT2D eigenvalue weighted by Crippen LogP contribution is -2.44. The summed E-state index contributed by atoms with van der Waals surface area (Å²) in [6, 6.07) is 12.6. The Morgan fingerprint density at radius 1 is 1.03 bits per heavy atom. The largest absolute Gasteiger partial charge is 0.416 e.